The van der Waals surface area contributed by atoms with Gasteiger partial charge in [0.1, 0.15) is 0 Å². The van der Waals surface area contributed by atoms with Crippen molar-refractivity contribution in [1.82, 2.24) is 10.2 Å². The molecule has 1 aliphatic heterocycles. The second-order valence-electron chi connectivity index (χ2n) is 4.82. The minimum atomic E-state index is 0.757. The Morgan fingerprint density at radius 1 is 1.50 bits per heavy atom. The molecular weight excluding hydrogens is 284 g/mol. The van der Waals surface area contributed by atoms with Gasteiger partial charge in [-0.15, -0.1) is 11.3 Å². The van der Waals surface area contributed by atoms with Crippen LogP contribution >= 0.6 is 27.3 Å². The van der Waals surface area contributed by atoms with Crippen LogP contribution in [0, 0.1) is 5.92 Å². The molecule has 2 aliphatic rings. The third kappa shape index (κ3) is 2.50. The Bertz CT molecular complexity index is 362. The van der Waals surface area contributed by atoms with Gasteiger partial charge < -0.3 is 5.32 Å². The van der Waals surface area contributed by atoms with E-state index in [1.54, 1.807) is 0 Å². The van der Waals surface area contributed by atoms with E-state index >= 15 is 0 Å². The number of piperazine rings is 1. The monoisotopic (exact) mass is 300 g/mol. The third-order valence-corrected chi connectivity index (χ3v) is 5.45. The average Bonchev–Trinajstić information content (AvgIpc) is 3.06. The molecule has 2 fully saturated rings. The molecule has 0 aromatic carbocycles. The highest BCUT2D eigenvalue weighted by Crippen LogP contribution is 2.34. The summed E-state index contributed by atoms with van der Waals surface area (Å²) in [6.45, 7) is 4.69. The van der Waals surface area contributed by atoms with Crippen molar-refractivity contribution in [2.45, 2.75) is 25.4 Å². The van der Waals surface area contributed by atoms with Crippen LogP contribution < -0.4 is 5.32 Å². The van der Waals surface area contributed by atoms with E-state index in [0.29, 0.717) is 0 Å². The summed E-state index contributed by atoms with van der Waals surface area (Å²) in [5.74, 6) is 0.967. The van der Waals surface area contributed by atoms with Crippen LogP contribution in [0.4, 0.5) is 0 Å². The maximum absolute atomic E-state index is 3.66. The SMILES string of the molecule is Brc1ccsc1CN1CCNC(C2CC2)C1. The summed E-state index contributed by atoms with van der Waals surface area (Å²) in [4.78, 5) is 4.06. The second kappa shape index (κ2) is 4.77. The Labute approximate surface area is 109 Å². The molecule has 88 valence electrons. The molecular formula is C12H17BrN2S. The van der Waals surface area contributed by atoms with Gasteiger partial charge in [-0.2, -0.15) is 0 Å². The number of hydrogen-bond acceptors (Lipinski definition) is 3. The standard InChI is InChI=1S/C12H17BrN2S/c13-10-3-6-16-12(10)8-15-5-4-14-11(7-15)9-1-2-9/h3,6,9,11,14H,1-2,4-5,7-8H2. The van der Waals surface area contributed by atoms with E-state index in [1.807, 2.05) is 11.3 Å². The van der Waals surface area contributed by atoms with Gasteiger partial charge in [0.15, 0.2) is 0 Å². The summed E-state index contributed by atoms with van der Waals surface area (Å²) in [6.07, 6.45) is 2.88. The number of nitrogens with zero attached hydrogens (tertiary/aromatic N) is 1. The molecule has 1 aromatic rings. The molecule has 0 bridgehead atoms. The van der Waals surface area contributed by atoms with Gasteiger partial charge in [-0.1, -0.05) is 0 Å². The number of nitrogens with one attached hydrogen (secondary N) is 1. The van der Waals surface area contributed by atoms with E-state index in [0.717, 1.165) is 25.0 Å². The van der Waals surface area contributed by atoms with E-state index in [-0.39, 0.29) is 0 Å². The lowest BCUT2D eigenvalue weighted by Crippen LogP contribution is -2.51. The van der Waals surface area contributed by atoms with Gasteiger partial charge in [-0.3, -0.25) is 4.90 Å². The first kappa shape index (κ1) is 11.2. The van der Waals surface area contributed by atoms with Crippen LogP contribution in [0.5, 0.6) is 0 Å². The molecule has 0 spiro atoms. The maximum Gasteiger partial charge on any atom is 0.0340 e. The zero-order valence-corrected chi connectivity index (χ0v) is 11.7. The van der Waals surface area contributed by atoms with Crippen molar-refractivity contribution in [3.05, 3.63) is 20.8 Å². The van der Waals surface area contributed by atoms with Crippen LogP contribution in [0.2, 0.25) is 0 Å². The molecule has 2 nitrogen and oxygen atoms in total. The fraction of sp³-hybridized carbons (Fsp3) is 0.667. The van der Waals surface area contributed by atoms with E-state index in [1.165, 1.54) is 35.3 Å². The van der Waals surface area contributed by atoms with Crippen LogP contribution in [0.3, 0.4) is 0 Å². The van der Waals surface area contributed by atoms with Gasteiger partial charge >= 0.3 is 0 Å². The van der Waals surface area contributed by atoms with Gasteiger partial charge in [-0.05, 0) is 46.1 Å². The molecule has 0 radical (unpaired) electrons. The van der Waals surface area contributed by atoms with E-state index in [9.17, 15) is 0 Å². The fourth-order valence-corrected chi connectivity index (χ4v) is 3.96. The maximum atomic E-state index is 3.66. The summed E-state index contributed by atoms with van der Waals surface area (Å²) < 4.78 is 1.28. The van der Waals surface area contributed by atoms with Crippen LogP contribution in [-0.4, -0.2) is 30.6 Å². The molecule has 1 saturated carbocycles. The Kier molecular flexibility index (Phi) is 3.34. The normalized spacial score (nSPS) is 27.2. The van der Waals surface area contributed by atoms with Crippen molar-refractivity contribution in [2.75, 3.05) is 19.6 Å². The lowest BCUT2D eigenvalue weighted by molar-refractivity contribution is 0.182. The first-order chi connectivity index (χ1) is 7.83. The van der Waals surface area contributed by atoms with Crippen LogP contribution in [0.25, 0.3) is 0 Å². The summed E-state index contributed by atoms with van der Waals surface area (Å²) >= 11 is 5.48. The predicted octanol–water partition coefficient (Wildman–Crippen LogP) is 2.69. The highest BCUT2D eigenvalue weighted by atomic mass is 79.9. The lowest BCUT2D eigenvalue weighted by Gasteiger charge is -2.33. The van der Waals surface area contributed by atoms with Crippen molar-refractivity contribution in [3.8, 4) is 0 Å². The average molecular weight is 301 g/mol. The zero-order chi connectivity index (χ0) is 11.0. The number of rotatable bonds is 3. The minimum absolute atomic E-state index is 0.757. The number of halogens is 1. The van der Waals surface area contributed by atoms with E-state index in [2.05, 4.69) is 37.6 Å². The topological polar surface area (TPSA) is 15.3 Å². The molecule has 2 heterocycles. The second-order valence-corrected chi connectivity index (χ2v) is 6.68. The largest absolute Gasteiger partial charge is 0.311 e. The molecule has 3 rings (SSSR count). The highest BCUT2D eigenvalue weighted by Gasteiger charge is 2.33. The summed E-state index contributed by atoms with van der Waals surface area (Å²) in [7, 11) is 0. The summed E-state index contributed by atoms with van der Waals surface area (Å²) in [5.41, 5.74) is 0. The molecule has 1 saturated heterocycles. The fourth-order valence-electron chi connectivity index (χ4n) is 2.44. The molecule has 0 amide bonds. The smallest absolute Gasteiger partial charge is 0.0340 e. The molecule has 1 unspecified atom stereocenters. The van der Waals surface area contributed by atoms with Crippen molar-refractivity contribution in [2.24, 2.45) is 5.92 Å². The molecule has 4 heteroatoms. The van der Waals surface area contributed by atoms with Crippen LogP contribution in [0.1, 0.15) is 17.7 Å². The zero-order valence-electron chi connectivity index (χ0n) is 9.29. The van der Waals surface area contributed by atoms with E-state index in [4.69, 9.17) is 0 Å². The Morgan fingerprint density at radius 2 is 2.38 bits per heavy atom. The highest BCUT2D eigenvalue weighted by molar-refractivity contribution is 9.10. The Morgan fingerprint density at radius 3 is 3.06 bits per heavy atom. The minimum Gasteiger partial charge on any atom is -0.311 e. The quantitative estimate of drug-likeness (QED) is 0.923. The van der Waals surface area contributed by atoms with Crippen molar-refractivity contribution < 1.29 is 0 Å². The molecule has 1 N–H and O–H groups in total. The van der Waals surface area contributed by atoms with Gasteiger partial charge in [0.25, 0.3) is 0 Å². The molecule has 1 aliphatic carbocycles. The van der Waals surface area contributed by atoms with E-state index < -0.39 is 0 Å². The van der Waals surface area contributed by atoms with Crippen molar-refractivity contribution >= 4 is 27.3 Å². The molecule has 16 heavy (non-hydrogen) atoms. The number of hydrogen-bond donors (Lipinski definition) is 1. The van der Waals surface area contributed by atoms with Crippen molar-refractivity contribution in [3.63, 3.8) is 0 Å². The van der Waals surface area contributed by atoms with Gasteiger partial charge in [0.2, 0.25) is 0 Å². The van der Waals surface area contributed by atoms with Crippen LogP contribution in [-0.2, 0) is 6.54 Å². The van der Waals surface area contributed by atoms with Gasteiger partial charge in [-0.25, -0.2) is 0 Å². The number of thiophene rings is 1. The van der Waals surface area contributed by atoms with Crippen molar-refractivity contribution in [1.29, 1.82) is 0 Å². The molecule has 1 aromatic heterocycles. The summed E-state index contributed by atoms with van der Waals surface area (Å²) in [6, 6.07) is 2.91. The summed E-state index contributed by atoms with van der Waals surface area (Å²) in [5, 5.41) is 5.82. The first-order valence-electron chi connectivity index (χ1n) is 6.00. The third-order valence-electron chi connectivity index (χ3n) is 3.54. The lowest BCUT2D eigenvalue weighted by atomic mass is 10.1. The van der Waals surface area contributed by atoms with Crippen LogP contribution in [0.15, 0.2) is 15.9 Å². The Hall–Kier alpha value is 0.1000. The first-order valence-corrected chi connectivity index (χ1v) is 7.68. The molecule has 1 atom stereocenters. The van der Waals surface area contributed by atoms with Gasteiger partial charge in [0.05, 0.1) is 0 Å². The Balaban J connectivity index is 1.60. The van der Waals surface area contributed by atoms with Gasteiger partial charge in [0, 0.05) is 41.6 Å². The predicted molar refractivity (Wildman–Crippen MR) is 71.8 cm³/mol.